The number of rotatable bonds is 8. The largest absolute Gasteiger partial charge is 0.395 e. The van der Waals surface area contributed by atoms with E-state index in [0.29, 0.717) is 12.6 Å². The van der Waals surface area contributed by atoms with Gasteiger partial charge in [-0.15, -0.1) is 0 Å². The second-order valence-corrected chi connectivity index (χ2v) is 7.11. The molecule has 0 bridgehead atoms. The molecule has 2 rings (SSSR count). The number of hydrogen-bond acceptors (Lipinski definition) is 3. The number of carbonyl (C=O) groups excluding carboxylic acids is 1. The highest BCUT2D eigenvalue weighted by molar-refractivity contribution is 5.74. The SMILES string of the molecule is CCN1CCC[C@H]1CNC(=O)N(CCO)CCC1CCCCC1. The van der Waals surface area contributed by atoms with Crippen molar-refractivity contribution in [2.24, 2.45) is 5.92 Å². The lowest BCUT2D eigenvalue weighted by atomic mass is 9.87. The second-order valence-electron chi connectivity index (χ2n) is 7.11. The Kier molecular flexibility index (Phi) is 8.17. The van der Waals surface area contributed by atoms with E-state index in [1.54, 1.807) is 4.90 Å². The van der Waals surface area contributed by atoms with Crippen molar-refractivity contribution in [3.8, 4) is 0 Å². The molecule has 23 heavy (non-hydrogen) atoms. The highest BCUT2D eigenvalue weighted by Crippen LogP contribution is 2.26. The topological polar surface area (TPSA) is 55.8 Å². The fourth-order valence-corrected chi connectivity index (χ4v) is 4.11. The molecule has 2 aliphatic rings. The Balaban J connectivity index is 1.73. The molecule has 2 amide bonds. The van der Waals surface area contributed by atoms with Crippen LogP contribution in [-0.2, 0) is 0 Å². The van der Waals surface area contributed by atoms with E-state index in [-0.39, 0.29) is 12.6 Å². The first-order chi connectivity index (χ1) is 11.2. The molecule has 1 saturated carbocycles. The summed E-state index contributed by atoms with van der Waals surface area (Å²) in [6.07, 6.45) is 10.2. The van der Waals surface area contributed by atoms with E-state index in [4.69, 9.17) is 0 Å². The maximum Gasteiger partial charge on any atom is 0.317 e. The van der Waals surface area contributed by atoms with Crippen molar-refractivity contribution in [3.63, 3.8) is 0 Å². The van der Waals surface area contributed by atoms with E-state index in [9.17, 15) is 9.90 Å². The lowest BCUT2D eigenvalue weighted by Gasteiger charge is -2.28. The number of aliphatic hydroxyl groups excluding tert-OH is 1. The number of nitrogens with zero attached hydrogens (tertiary/aromatic N) is 2. The number of urea groups is 1. The lowest BCUT2D eigenvalue weighted by Crippen LogP contribution is -2.47. The van der Waals surface area contributed by atoms with Gasteiger partial charge in [-0.25, -0.2) is 4.79 Å². The molecule has 1 atom stereocenters. The van der Waals surface area contributed by atoms with Gasteiger partial charge in [-0.2, -0.15) is 0 Å². The van der Waals surface area contributed by atoms with Crippen LogP contribution in [-0.4, -0.2) is 66.3 Å². The molecular weight excluding hydrogens is 290 g/mol. The van der Waals surface area contributed by atoms with Gasteiger partial charge in [-0.05, 0) is 38.3 Å². The number of amides is 2. The van der Waals surface area contributed by atoms with Crippen molar-refractivity contribution in [1.82, 2.24) is 15.1 Å². The molecule has 1 heterocycles. The molecule has 0 radical (unpaired) electrons. The highest BCUT2D eigenvalue weighted by atomic mass is 16.3. The van der Waals surface area contributed by atoms with Crippen LogP contribution in [0.3, 0.4) is 0 Å². The third-order valence-electron chi connectivity index (χ3n) is 5.58. The Hall–Kier alpha value is -0.810. The van der Waals surface area contributed by atoms with Crippen LogP contribution in [0.1, 0.15) is 58.3 Å². The molecule has 1 aliphatic carbocycles. The average Bonchev–Trinajstić information content (AvgIpc) is 3.05. The van der Waals surface area contributed by atoms with Gasteiger partial charge in [0, 0.05) is 25.7 Å². The van der Waals surface area contributed by atoms with Gasteiger partial charge < -0.3 is 15.3 Å². The first kappa shape index (κ1) is 18.5. The number of carbonyl (C=O) groups is 1. The summed E-state index contributed by atoms with van der Waals surface area (Å²) in [6.45, 7) is 6.39. The van der Waals surface area contributed by atoms with Crippen LogP contribution in [0, 0.1) is 5.92 Å². The quantitative estimate of drug-likeness (QED) is 0.721. The van der Waals surface area contributed by atoms with E-state index in [1.165, 1.54) is 44.9 Å². The van der Waals surface area contributed by atoms with Gasteiger partial charge in [0.2, 0.25) is 0 Å². The number of likely N-dealkylation sites (tertiary alicyclic amines) is 1. The fourth-order valence-electron chi connectivity index (χ4n) is 4.11. The zero-order chi connectivity index (χ0) is 16.5. The highest BCUT2D eigenvalue weighted by Gasteiger charge is 2.24. The van der Waals surface area contributed by atoms with E-state index < -0.39 is 0 Å². The maximum atomic E-state index is 12.4. The van der Waals surface area contributed by atoms with Crippen molar-refractivity contribution in [1.29, 1.82) is 0 Å². The molecule has 2 fully saturated rings. The van der Waals surface area contributed by atoms with E-state index >= 15 is 0 Å². The van der Waals surface area contributed by atoms with E-state index in [2.05, 4.69) is 17.1 Å². The van der Waals surface area contributed by atoms with Gasteiger partial charge in [-0.1, -0.05) is 39.0 Å². The lowest BCUT2D eigenvalue weighted by molar-refractivity contribution is 0.166. The monoisotopic (exact) mass is 325 g/mol. The van der Waals surface area contributed by atoms with Gasteiger partial charge in [0.05, 0.1) is 6.61 Å². The summed E-state index contributed by atoms with van der Waals surface area (Å²) in [6, 6.07) is 0.482. The Morgan fingerprint density at radius 2 is 1.96 bits per heavy atom. The summed E-state index contributed by atoms with van der Waals surface area (Å²) in [5, 5.41) is 12.3. The minimum atomic E-state index is -0.00203. The third-order valence-corrected chi connectivity index (χ3v) is 5.58. The van der Waals surface area contributed by atoms with Crippen LogP contribution in [0.25, 0.3) is 0 Å². The number of aliphatic hydroxyl groups is 1. The van der Waals surface area contributed by atoms with Gasteiger partial charge >= 0.3 is 6.03 Å². The Morgan fingerprint density at radius 3 is 2.65 bits per heavy atom. The summed E-state index contributed by atoms with van der Waals surface area (Å²) < 4.78 is 0. The van der Waals surface area contributed by atoms with Crippen molar-refractivity contribution in [2.75, 3.05) is 39.3 Å². The predicted octanol–water partition coefficient (Wildman–Crippen LogP) is 2.44. The Bertz CT molecular complexity index is 345. The van der Waals surface area contributed by atoms with Crippen LogP contribution in [0.4, 0.5) is 4.79 Å². The van der Waals surface area contributed by atoms with Gasteiger partial charge in [0.1, 0.15) is 0 Å². The molecule has 134 valence electrons. The smallest absolute Gasteiger partial charge is 0.317 e. The van der Waals surface area contributed by atoms with Crippen molar-refractivity contribution < 1.29 is 9.90 Å². The zero-order valence-corrected chi connectivity index (χ0v) is 14.8. The van der Waals surface area contributed by atoms with Crippen LogP contribution < -0.4 is 5.32 Å². The molecule has 2 N–H and O–H groups in total. The van der Waals surface area contributed by atoms with Crippen molar-refractivity contribution in [2.45, 2.75) is 64.3 Å². The molecule has 1 aliphatic heterocycles. The predicted molar refractivity (Wildman–Crippen MR) is 93.5 cm³/mol. The molecule has 5 heteroatoms. The minimum Gasteiger partial charge on any atom is -0.395 e. The van der Waals surface area contributed by atoms with Crippen LogP contribution in [0.2, 0.25) is 0 Å². The number of likely N-dealkylation sites (N-methyl/N-ethyl adjacent to an activating group) is 1. The average molecular weight is 325 g/mol. The zero-order valence-electron chi connectivity index (χ0n) is 14.8. The molecule has 0 aromatic carbocycles. The van der Waals surface area contributed by atoms with Gasteiger partial charge in [0.25, 0.3) is 0 Å². The van der Waals surface area contributed by atoms with Crippen LogP contribution in [0.15, 0.2) is 0 Å². The third kappa shape index (κ3) is 5.96. The summed E-state index contributed by atoms with van der Waals surface area (Å²) in [4.78, 5) is 16.7. The number of nitrogens with one attached hydrogen (secondary N) is 1. The van der Waals surface area contributed by atoms with Gasteiger partial charge in [0.15, 0.2) is 0 Å². The fraction of sp³-hybridized carbons (Fsp3) is 0.944. The molecule has 5 nitrogen and oxygen atoms in total. The van der Waals surface area contributed by atoms with E-state index in [0.717, 1.165) is 38.5 Å². The summed E-state index contributed by atoms with van der Waals surface area (Å²) in [5.74, 6) is 0.767. The normalized spacial score (nSPS) is 23.1. The first-order valence-corrected chi connectivity index (χ1v) is 9.62. The van der Waals surface area contributed by atoms with Crippen LogP contribution in [0.5, 0.6) is 0 Å². The Labute approximate surface area is 141 Å². The van der Waals surface area contributed by atoms with E-state index in [1.807, 2.05) is 0 Å². The van der Waals surface area contributed by atoms with Crippen LogP contribution >= 0.6 is 0 Å². The molecule has 1 saturated heterocycles. The standard InChI is InChI=1S/C18H35N3O2/c1-2-20-11-6-9-17(20)15-19-18(23)21(13-14-22)12-10-16-7-4-3-5-8-16/h16-17,22H,2-15H2,1H3,(H,19,23)/t17-/m0/s1. The molecule has 0 aromatic rings. The molecule has 0 spiro atoms. The van der Waals surface area contributed by atoms with Crippen molar-refractivity contribution in [3.05, 3.63) is 0 Å². The maximum absolute atomic E-state index is 12.4. The second kappa shape index (κ2) is 10.1. The number of hydrogen-bond donors (Lipinski definition) is 2. The molecular formula is C18H35N3O2. The Morgan fingerprint density at radius 1 is 1.17 bits per heavy atom. The molecule has 0 unspecified atom stereocenters. The summed E-state index contributed by atoms with van der Waals surface area (Å²) in [5.41, 5.74) is 0. The van der Waals surface area contributed by atoms with Gasteiger partial charge in [-0.3, -0.25) is 4.90 Å². The first-order valence-electron chi connectivity index (χ1n) is 9.62. The summed E-state index contributed by atoms with van der Waals surface area (Å²) in [7, 11) is 0. The van der Waals surface area contributed by atoms with Crippen molar-refractivity contribution >= 4 is 6.03 Å². The minimum absolute atomic E-state index is 0.00203. The molecule has 0 aromatic heterocycles. The summed E-state index contributed by atoms with van der Waals surface area (Å²) >= 11 is 0.